The third-order valence-corrected chi connectivity index (χ3v) is 6.74. The summed E-state index contributed by atoms with van der Waals surface area (Å²) >= 11 is 0. The van der Waals surface area contributed by atoms with Crippen LogP contribution >= 0.6 is 0 Å². The van der Waals surface area contributed by atoms with Crippen molar-refractivity contribution in [1.82, 2.24) is 24.3 Å². The van der Waals surface area contributed by atoms with Crippen molar-refractivity contribution in [3.8, 4) is 0 Å². The van der Waals surface area contributed by atoms with Crippen LogP contribution in [0.5, 0.6) is 0 Å². The van der Waals surface area contributed by atoms with Gasteiger partial charge in [-0.15, -0.1) is 0 Å². The van der Waals surface area contributed by atoms with Crippen LogP contribution in [-0.2, 0) is 17.1 Å². The number of nitrogens with zero attached hydrogens (tertiary/aromatic N) is 4. The van der Waals surface area contributed by atoms with Gasteiger partial charge in [-0.1, -0.05) is 0 Å². The van der Waals surface area contributed by atoms with Crippen LogP contribution in [0, 0.1) is 13.8 Å². The highest BCUT2D eigenvalue weighted by Crippen LogP contribution is 2.24. The number of hydrogen-bond donors (Lipinski definition) is 1. The van der Waals surface area contributed by atoms with Crippen LogP contribution in [0.25, 0.3) is 0 Å². The molecule has 2 aliphatic heterocycles. The standard InChI is InChI=1S/C13H23N5O2S/c1-10-13(11(2)16(3)15-10)21(19,20)18-6-4-17(5-7-18)12-8-14-9-12/h12,14H,4-9H2,1-3H3. The molecule has 0 bridgehead atoms. The molecule has 118 valence electrons. The van der Waals surface area contributed by atoms with E-state index in [4.69, 9.17) is 0 Å². The van der Waals surface area contributed by atoms with Gasteiger partial charge in [-0.05, 0) is 13.8 Å². The number of hydrogen-bond acceptors (Lipinski definition) is 5. The Bertz CT molecular complexity index is 627. The van der Waals surface area contributed by atoms with Gasteiger partial charge >= 0.3 is 0 Å². The number of aryl methyl sites for hydroxylation is 2. The number of nitrogens with one attached hydrogen (secondary N) is 1. The molecule has 1 N–H and O–H groups in total. The maximum absolute atomic E-state index is 12.8. The lowest BCUT2D eigenvalue weighted by molar-refractivity contribution is 0.103. The van der Waals surface area contributed by atoms with Gasteiger partial charge in [0.15, 0.2) is 0 Å². The molecule has 2 fully saturated rings. The van der Waals surface area contributed by atoms with E-state index in [1.165, 1.54) is 0 Å². The first-order valence-electron chi connectivity index (χ1n) is 7.36. The van der Waals surface area contributed by atoms with Crippen LogP contribution in [0.3, 0.4) is 0 Å². The van der Waals surface area contributed by atoms with E-state index in [2.05, 4.69) is 15.3 Å². The largest absolute Gasteiger partial charge is 0.314 e. The Kier molecular flexibility index (Phi) is 3.81. The van der Waals surface area contributed by atoms with Crippen molar-refractivity contribution in [2.24, 2.45) is 7.05 Å². The van der Waals surface area contributed by atoms with Crippen molar-refractivity contribution in [3.63, 3.8) is 0 Å². The van der Waals surface area contributed by atoms with E-state index in [1.807, 2.05) is 6.92 Å². The summed E-state index contributed by atoms with van der Waals surface area (Å²) in [6, 6.07) is 0.580. The van der Waals surface area contributed by atoms with Crippen molar-refractivity contribution in [1.29, 1.82) is 0 Å². The molecule has 3 rings (SSSR count). The second-order valence-corrected chi connectivity index (χ2v) is 7.75. The molecule has 0 spiro atoms. The molecule has 0 radical (unpaired) electrons. The molecule has 3 heterocycles. The maximum atomic E-state index is 12.8. The predicted octanol–water partition coefficient (Wildman–Crippen LogP) is -0.685. The average Bonchev–Trinajstić information content (AvgIpc) is 2.62. The minimum absolute atomic E-state index is 0.378. The van der Waals surface area contributed by atoms with Crippen molar-refractivity contribution in [2.75, 3.05) is 39.3 Å². The van der Waals surface area contributed by atoms with Gasteiger partial charge in [0.1, 0.15) is 4.90 Å². The lowest BCUT2D eigenvalue weighted by Gasteiger charge is -2.42. The Hall–Kier alpha value is -0.960. The lowest BCUT2D eigenvalue weighted by Crippen LogP contribution is -2.62. The molecule has 21 heavy (non-hydrogen) atoms. The monoisotopic (exact) mass is 313 g/mol. The fourth-order valence-electron chi connectivity index (χ4n) is 3.10. The van der Waals surface area contributed by atoms with Crippen molar-refractivity contribution >= 4 is 10.0 Å². The molecular formula is C13H23N5O2S. The fourth-order valence-corrected chi connectivity index (χ4v) is 4.92. The highest BCUT2D eigenvalue weighted by atomic mass is 32.2. The molecular weight excluding hydrogens is 290 g/mol. The molecule has 2 aliphatic rings. The van der Waals surface area contributed by atoms with Gasteiger partial charge in [0.2, 0.25) is 10.0 Å². The summed E-state index contributed by atoms with van der Waals surface area (Å²) in [4.78, 5) is 2.76. The Morgan fingerprint density at radius 1 is 1.14 bits per heavy atom. The molecule has 8 heteroatoms. The molecule has 1 aromatic rings. The molecule has 0 aliphatic carbocycles. The lowest BCUT2D eigenvalue weighted by atomic mass is 10.1. The first-order valence-corrected chi connectivity index (χ1v) is 8.80. The Morgan fingerprint density at radius 3 is 2.19 bits per heavy atom. The van der Waals surface area contributed by atoms with Crippen LogP contribution in [0.1, 0.15) is 11.4 Å². The second kappa shape index (κ2) is 5.35. The van der Waals surface area contributed by atoms with Crippen LogP contribution in [0.15, 0.2) is 4.90 Å². The van der Waals surface area contributed by atoms with E-state index in [0.29, 0.717) is 35.4 Å². The Morgan fingerprint density at radius 2 is 1.76 bits per heavy atom. The fraction of sp³-hybridized carbons (Fsp3) is 0.769. The van der Waals surface area contributed by atoms with E-state index >= 15 is 0 Å². The van der Waals surface area contributed by atoms with E-state index in [9.17, 15) is 8.42 Å². The zero-order valence-electron chi connectivity index (χ0n) is 12.8. The summed E-state index contributed by atoms with van der Waals surface area (Å²) in [6.45, 7) is 8.35. The minimum Gasteiger partial charge on any atom is -0.314 e. The first-order chi connectivity index (χ1) is 9.91. The normalized spacial score (nSPS) is 22.4. The first kappa shape index (κ1) is 15.0. The van der Waals surface area contributed by atoms with Gasteiger partial charge in [0.25, 0.3) is 0 Å². The van der Waals surface area contributed by atoms with Gasteiger partial charge in [-0.3, -0.25) is 9.58 Å². The summed E-state index contributed by atoms with van der Waals surface area (Å²) < 4.78 is 28.9. The third-order valence-electron chi connectivity index (χ3n) is 4.59. The average molecular weight is 313 g/mol. The van der Waals surface area contributed by atoms with Crippen molar-refractivity contribution in [2.45, 2.75) is 24.8 Å². The molecule has 0 atom stereocenters. The van der Waals surface area contributed by atoms with Gasteiger partial charge in [-0.25, -0.2) is 8.42 Å². The van der Waals surface area contributed by atoms with E-state index in [-0.39, 0.29) is 0 Å². The Labute approximate surface area is 126 Å². The molecule has 0 aromatic carbocycles. The van der Waals surface area contributed by atoms with E-state index in [1.54, 1.807) is 23.0 Å². The van der Waals surface area contributed by atoms with E-state index in [0.717, 1.165) is 26.2 Å². The summed E-state index contributed by atoms with van der Waals surface area (Å²) in [6.07, 6.45) is 0. The van der Waals surface area contributed by atoms with Crippen LogP contribution in [0.4, 0.5) is 0 Å². The predicted molar refractivity (Wildman–Crippen MR) is 79.7 cm³/mol. The highest BCUT2D eigenvalue weighted by molar-refractivity contribution is 7.89. The zero-order chi connectivity index (χ0) is 15.2. The van der Waals surface area contributed by atoms with Crippen molar-refractivity contribution in [3.05, 3.63) is 11.4 Å². The van der Waals surface area contributed by atoms with Gasteiger partial charge < -0.3 is 5.32 Å². The number of rotatable bonds is 3. The number of sulfonamides is 1. The van der Waals surface area contributed by atoms with Gasteiger partial charge in [-0.2, -0.15) is 9.40 Å². The van der Waals surface area contributed by atoms with E-state index < -0.39 is 10.0 Å². The molecule has 2 saturated heterocycles. The molecule has 0 saturated carbocycles. The van der Waals surface area contributed by atoms with Crippen molar-refractivity contribution < 1.29 is 8.42 Å². The number of piperazine rings is 1. The summed E-state index contributed by atoms with van der Waals surface area (Å²) in [7, 11) is -1.65. The van der Waals surface area contributed by atoms with Crippen LogP contribution < -0.4 is 5.32 Å². The number of aromatic nitrogens is 2. The maximum Gasteiger partial charge on any atom is 0.246 e. The molecule has 1 aromatic heterocycles. The third kappa shape index (κ3) is 2.50. The SMILES string of the molecule is Cc1nn(C)c(C)c1S(=O)(=O)N1CCN(C2CNC2)CC1. The van der Waals surface area contributed by atoms with Crippen LogP contribution in [-0.4, -0.2) is 72.7 Å². The summed E-state index contributed by atoms with van der Waals surface area (Å²) in [5.74, 6) is 0. The summed E-state index contributed by atoms with van der Waals surface area (Å²) in [5.41, 5.74) is 1.29. The highest BCUT2D eigenvalue weighted by Gasteiger charge is 2.35. The van der Waals surface area contributed by atoms with Gasteiger partial charge in [0.05, 0.1) is 11.4 Å². The minimum atomic E-state index is -3.43. The molecule has 0 amide bonds. The summed E-state index contributed by atoms with van der Waals surface area (Å²) in [5, 5.41) is 7.49. The smallest absolute Gasteiger partial charge is 0.246 e. The Balaban J connectivity index is 1.77. The topological polar surface area (TPSA) is 70.5 Å². The molecule has 7 nitrogen and oxygen atoms in total. The quantitative estimate of drug-likeness (QED) is 0.800. The second-order valence-electron chi connectivity index (χ2n) is 5.88. The van der Waals surface area contributed by atoms with Crippen LogP contribution in [0.2, 0.25) is 0 Å². The van der Waals surface area contributed by atoms with Gasteiger partial charge in [0, 0.05) is 52.4 Å². The molecule has 0 unspecified atom stereocenters. The zero-order valence-corrected chi connectivity index (χ0v) is 13.7.